The van der Waals surface area contributed by atoms with Crippen molar-refractivity contribution in [1.82, 2.24) is 10.3 Å². The summed E-state index contributed by atoms with van der Waals surface area (Å²) in [5, 5.41) is 2.79. The average molecular weight is 424 g/mol. The van der Waals surface area contributed by atoms with Crippen molar-refractivity contribution in [2.75, 3.05) is 6.61 Å². The molecule has 1 aromatic carbocycles. The molecule has 8 heteroatoms. The molecule has 1 amide bonds. The van der Waals surface area contributed by atoms with Crippen molar-refractivity contribution in [2.45, 2.75) is 52.4 Å². The lowest BCUT2D eigenvalue weighted by Gasteiger charge is -2.25. The van der Waals surface area contributed by atoms with E-state index in [9.17, 15) is 18.0 Å². The molecule has 0 saturated heterocycles. The standard InChI is InChI=1S/C22H27F3N2O3/c1-14(2)18(27-20(28)30-21(3,4)5)13-29-19-11-8-16(12-26-19)15-6-9-17(10-7-15)22(23,24)25/h6-12,14,18H,13H2,1-5H3,(H,27,28). The molecule has 0 radical (unpaired) electrons. The molecule has 1 N–H and O–H groups in total. The molecule has 30 heavy (non-hydrogen) atoms. The molecule has 0 aliphatic carbocycles. The van der Waals surface area contributed by atoms with E-state index in [2.05, 4.69) is 10.3 Å². The maximum atomic E-state index is 12.7. The monoisotopic (exact) mass is 424 g/mol. The minimum Gasteiger partial charge on any atom is -0.475 e. The van der Waals surface area contributed by atoms with Crippen molar-refractivity contribution < 1.29 is 27.4 Å². The van der Waals surface area contributed by atoms with Crippen LogP contribution in [0.1, 0.15) is 40.2 Å². The molecule has 1 aromatic heterocycles. The molecule has 5 nitrogen and oxygen atoms in total. The fraction of sp³-hybridized carbons (Fsp3) is 0.455. The Bertz CT molecular complexity index is 827. The molecular weight excluding hydrogens is 397 g/mol. The number of hydrogen-bond donors (Lipinski definition) is 1. The third-order valence-corrected chi connectivity index (χ3v) is 4.20. The van der Waals surface area contributed by atoms with Crippen LogP contribution in [-0.4, -0.2) is 29.3 Å². The number of nitrogens with zero attached hydrogens (tertiary/aromatic N) is 1. The summed E-state index contributed by atoms with van der Waals surface area (Å²) < 4.78 is 49.0. The fourth-order valence-corrected chi connectivity index (χ4v) is 2.52. The quantitative estimate of drug-likeness (QED) is 0.647. The second-order valence-electron chi connectivity index (χ2n) is 8.27. The van der Waals surface area contributed by atoms with Gasteiger partial charge in [0.15, 0.2) is 0 Å². The van der Waals surface area contributed by atoms with Gasteiger partial charge in [0, 0.05) is 17.8 Å². The lowest BCUT2D eigenvalue weighted by molar-refractivity contribution is -0.137. The van der Waals surface area contributed by atoms with Gasteiger partial charge in [0.25, 0.3) is 0 Å². The van der Waals surface area contributed by atoms with Gasteiger partial charge in [-0.05, 0) is 50.5 Å². The third kappa shape index (κ3) is 7.24. The number of alkyl halides is 3. The van der Waals surface area contributed by atoms with Gasteiger partial charge in [-0.1, -0.05) is 26.0 Å². The number of halogens is 3. The van der Waals surface area contributed by atoms with Gasteiger partial charge in [-0.3, -0.25) is 0 Å². The van der Waals surface area contributed by atoms with Gasteiger partial charge in [-0.15, -0.1) is 0 Å². The number of alkyl carbamates (subject to hydrolysis) is 1. The van der Waals surface area contributed by atoms with E-state index in [-0.39, 0.29) is 18.6 Å². The summed E-state index contributed by atoms with van der Waals surface area (Å²) in [4.78, 5) is 16.2. The molecule has 0 saturated carbocycles. The minimum absolute atomic E-state index is 0.101. The van der Waals surface area contributed by atoms with Crippen molar-refractivity contribution in [3.05, 3.63) is 48.2 Å². The zero-order valence-corrected chi connectivity index (χ0v) is 17.7. The lowest BCUT2D eigenvalue weighted by Crippen LogP contribution is -2.45. The molecule has 1 atom stereocenters. The Morgan fingerprint density at radius 3 is 2.10 bits per heavy atom. The van der Waals surface area contributed by atoms with Gasteiger partial charge in [0.05, 0.1) is 11.6 Å². The number of benzene rings is 1. The highest BCUT2D eigenvalue weighted by Crippen LogP contribution is 2.31. The van der Waals surface area contributed by atoms with Crippen molar-refractivity contribution >= 4 is 6.09 Å². The van der Waals surface area contributed by atoms with Crippen LogP contribution in [0.4, 0.5) is 18.0 Å². The van der Waals surface area contributed by atoms with Crippen LogP contribution in [0.5, 0.6) is 5.88 Å². The van der Waals surface area contributed by atoms with Gasteiger partial charge >= 0.3 is 12.3 Å². The predicted molar refractivity (Wildman–Crippen MR) is 108 cm³/mol. The number of ether oxygens (including phenoxy) is 2. The topological polar surface area (TPSA) is 60.5 Å². The number of nitrogens with one attached hydrogen (secondary N) is 1. The molecule has 1 heterocycles. The normalized spacial score (nSPS) is 13.1. The van der Waals surface area contributed by atoms with Crippen LogP contribution in [0.25, 0.3) is 11.1 Å². The number of carbonyl (C=O) groups excluding carboxylic acids is 1. The highest BCUT2D eigenvalue weighted by atomic mass is 19.4. The van der Waals surface area contributed by atoms with Crippen molar-refractivity contribution in [3.8, 4) is 17.0 Å². The molecule has 0 spiro atoms. The highest BCUT2D eigenvalue weighted by molar-refractivity contribution is 5.68. The van der Waals surface area contributed by atoms with Gasteiger partial charge in [-0.25, -0.2) is 9.78 Å². The van der Waals surface area contributed by atoms with Gasteiger partial charge in [0.1, 0.15) is 12.2 Å². The van der Waals surface area contributed by atoms with Gasteiger partial charge < -0.3 is 14.8 Å². The summed E-state index contributed by atoms with van der Waals surface area (Å²) in [6.45, 7) is 9.46. The summed E-state index contributed by atoms with van der Waals surface area (Å²) in [5.74, 6) is 0.450. The molecule has 0 aliphatic rings. The van der Waals surface area contributed by atoms with Crippen LogP contribution in [0.3, 0.4) is 0 Å². The van der Waals surface area contributed by atoms with E-state index in [0.29, 0.717) is 17.0 Å². The Morgan fingerprint density at radius 2 is 1.63 bits per heavy atom. The Balaban J connectivity index is 1.98. The number of pyridine rings is 1. The average Bonchev–Trinajstić information content (AvgIpc) is 2.63. The molecule has 2 aromatic rings. The fourth-order valence-electron chi connectivity index (χ4n) is 2.52. The lowest BCUT2D eigenvalue weighted by atomic mass is 10.1. The van der Waals surface area contributed by atoms with E-state index in [1.54, 1.807) is 32.9 Å². The number of carbonyl (C=O) groups is 1. The zero-order valence-electron chi connectivity index (χ0n) is 17.7. The second kappa shape index (κ2) is 9.36. The van der Waals surface area contributed by atoms with Crippen molar-refractivity contribution in [2.24, 2.45) is 5.92 Å². The first-order chi connectivity index (χ1) is 13.8. The van der Waals surface area contributed by atoms with E-state index in [1.165, 1.54) is 18.3 Å². The molecule has 0 aliphatic heterocycles. The number of hydrogen-bond acceptors (Lipinski definition) is 4. The Hall–Kier alpha value is -2.77. The first-order valence-electron chi connectivity index (χ1n) is 9.61. The largest absolute Gasteiger partial charge is 0.475 e. The van der Waals surface area contributed by atoms with Crippen LogP contribution in [0, 0.1) is 5.92 Å². The van der Waals surface area contributed by atoms with Crippen LogP contribution < -0.4 is 10.1 Å². The van der Waals surface area contributed by atoms with Crippen molar-refractivity contribution in [1.29, 1.82) is 0 Å². The van der Waals surface area contributed by atoms with Gasteiger partial charge in [-0.2, -0.15) is 13.2 Å². The summed E-state index contributed by atoms with van der Waals surface area (Å²) in [5.41, 5.74) is -0.00393. The van der Waals surface area contributed by atoms with Crippen LogP contribution in [-0.2, 0) is 10.9 Å². The smallest absolute Gasteiger partial charge is 0.416 e. The van der Waals surface area contributed by atoms with Crippen LogP contribution >= 0.6 is 0 Å². The van der Waals surface area contributed by atoms with E-state index < -0.39 is 23.4 Å². The zero-order chi connectivity index (χ0) is 22.5. The second-order valence-corrected chi connectivity index (χ2v) is 8.27. The Morgan fingerprint density at radius 1 is 1.03 bits per heavy atom. The molecule has 2 rings (SSSR count). The first-order valence-corrected chi connectivity index (χ1v) is 9.61. The third-order valence-electron chi connectivity index (χ3n) is 4.20. The van der Waals surface area contributed by atoms with E-state index in [4.69, 9.17) is 9.47 Å². The number of amides is 1. The van der Waals surface area contributed by atoms with Gasteiger partial charge in [0.2, 0.25) is 5.88 Å². The molecule has 0 bridgehead atoms. The predicted octanol–water partition coefficient (Wildman–Crippen LogP) is 5.70. The molecule has 164 valence electrons. The minimum atomic E-state index is -4.37. The Labute approximate surface area is 174 Å². The first kappa shape index (κ1) is 23.5. The Kier molecular flexibility index (Phi) is 7.34. The summed E-state index contributed by atoms with van der Waals surface area (Å²) in [7, 11) is 0. The summed E-state index contributed by atoms with van der Waals surface area (Å²) >= 11 is 0. The molecule has 0 fully saturated rings. The van der Waals surface area contributed by atoms with Crippen LogP contribution in [0.2, 0.25) is 0 Å². The summed E-state index contributed by atoms with van der Waals surface area (Å²) in [6, 6.07) is 7.95. The number of aromatic nitrogens is 1. The molecular formula is C22H27F3N2O3. The van der Waals surface area contributed by atoms with E-state index >= 15 is 0 Å². The maximum absolute atomic E-state index is 12.7. The highest BCUT2D eigenvalue weighted by Gasteiger charge is 2.30. The summed E-state index contributed by atoms with van der Waals surface area (Å²) in [6.07, 6.45) is -3.35. The SMILES string of the molecule is CC(C)C(COc1ccc(-c2ccc(C(F)(F)F)cc2)cn1)NC(=O)OC(C)(C)C. The number of rotatable bonds is 6. The van der Waals surface area contributed by atoms with E-state index in [1.807, 2.05) is 13.8 Å². The van der Waals surface area contributed by atoms with E-state index in [0.717, 1.165) is 12.1 Å². The molecule has 1 unspecified atom stereocenters. The van der Waals surface area contributed by atoms with Crippen LogP contribution in [0.15, 0.2) is 42.6 Å². The van der Waals surface area contributed by atoms with Crippen molar-refractivity contribution in [3.63, 3.8) is 0 Å². The maximum Gasteiger partial charge on any atom is 0.416 e.